The number of nitro benzene ring substituents is 1. The molecule has 0 radical (unpaired) electrons. The Morgan fingerprint density at radius 1 is 1.47 bits per heavy atom. The molecule has 1 heterocycles. The second kappa shape index (κ2) is 5.05. The highest BCUT2D eigenvalue weighted by molar-refractivity contribution is 5.63. The number of nitrogens with one attached hydrogen (secondary N) is 2. The molecule has 7 heteroatoms. The molecule has 0 atom stereocenters. The van der Waals surface area contributed by atoms with Gasteiger partial charge in [0, 0.05) is 17.8 Å². The zero-order chi connectivity index (χ0) is 14.0. The number of halogens is 1. The topological polar surface area (TPSA) is 83.8 Å². The summed E-state index contributed by atoms with van der Waals surface area (Å²) in [5, 5.41) is 20.5. The van der Waals surface area contributed by atoms with Crippen LogP contribution in [-0.4, -0.2) is 15.1 Å². The summed E-state index contributed by atoms with van der Waals surface area (Å²) in [5.41, 5.74) is 2.16. The fourth-order valence-electron chi connectivity index (χ4n) is 1.71. The Morgan fingerprint density at radius 3 is 2.79 bits per heavy atom. The van der Waals surface area contributed by atoms with Crippen LogP contribution in [0.5, 0.6) is 0 Å². The number of nitro groups is 1. The van der Waals surface area contributed by atoms with Crippen LogP contribution in [0.25, 0.3) is 0 Å². The van der Waals surface area contributed by atoms with Gasteiger partial charge in [-0.2, -0.15) is 5.10 Å². The van der Waals surface area contributed by atoms with Crippen molar-refractivity contribution in [2.24, 2.45) is 0 Å². The van der Waals surface area contributed by atoms with Crippen molar-refractivity contribution in [3.05, 3.63) is 51.1 Å². The smallest absolute Gasteiger partial charge is 0.295 e. The van der Waals surface area contributed by atoms with E-state index in [1.807, 2.05) is 6.92 Å². The lowest BCUT2D eigenvalue weighted by Gasteiger charge is -2.08. The van der Waals surface area contributed by atoms with E-state index in [1.165, 1.54) is 6.07 Å². The molecule has 1 aromatic heterocycles. The third-order valence-electron chi connectivity index (χ3n) is 2.88. The number of benzene rings is 1. The molecule has 0 saturated carbocycles. The monoisotopic (exact) mass is 264 g/mol. The minimum absolute atomic E-state index is 0.274. The second-order valence-corrected chi connectivity index (χ2v) is 4.25. The molecule has 2 N–H and O–H groups in total. The summed E-state index contributed by atoms with van der Waals surface area (Å²) in [6.45, 7) is 3.80. The highest BCUT2D eigenvalue weighted by Gasteiger charge is 2.17. The Labute approximate surface area is 108 Å². The van der Waals surface area contributed by atoms with Crippen molar-refractivity contribution in [1.29, 1.82) is 0 Å². The average Bonchev–Trinajstić information content (AvgIpc) is 2.75. The first-order valence-electron chi connectivity index (χ1n) is 5.66. The molecule has 0 saturated heterocycles. The number of H-pyrrole nitrogens is 1. The minimum Gasteiger partial charge on any atom is -0.375 e. The zero-order valence-electron chi connectivity index (χ0n) is 10.5. The summed E-state index contributed by atoms with van der Waals surface area (Å²) in [5.74, 6) is -0.586. The number of aromatic nitrogens is 2. The van der Waals surface area contributed by atoms with Gasteiger partial charge in [-0.25, -0.2) is 4.39 Å². The van der Waals surface area contributed by atoms with E-state index >= 15 is 0 Å². The first-order valence-corrected chi connectivity index (χ1v) is 5.66. The van der Waals surface area contributed by atoms with Crippen LogP contribution in [0.15, 0.2) is 18.3 Å². The van der Waals surface area contributed by atoms with Crippen LogP contribution in [0.4, 0.5) is 15.8 Å². The number of hydrogen-bond donors (Lipinski definition) is 2. The summed E-state index contributed by atoms with van der Waals surface area (Å²) in [7, 11) is 0. The summed E-state index contributed by atoms with van der Waals surface area (Å²) in [6, 6.07) is 2.36. The second-order valence-electron chi connectivity index (χ2n) is 4.25. The van der Waals surface area contributed by atoms with E-state index < -0.39 is 10.7 Å². The van der Waals surface area contributed by atoms with E-state index in [1.54, 1.807) is 13.1 Å². The van der Waals surface area contributed by atoms with Crippen LogP contribution in [0.2, 0.25) is 0 Å². The van der Waals surface area contributed by atoms with E-state index in [2.05, 4.69) is 15.5 Å². The quantitative estimate of drug-likeness (QED) is 0.656. The largest absolute Gasteiger partial charge is 0.375 e. The molecule has 0 amide bonds. The van der Waals surface area contributed by atoms with Crippen molar-refractivity contribution in [3.63, 3.8) is 0 Å². The van der Waals surface area contributed by atoms with Crippen molar-refractivity contribution in [2.75, 3.05) is 5.32 Å². The molecular formula is C12H13FN4O2. The van der Waals surface area contributed by atoms with Gasteiger partial charge < -0.3 is 5.32 Å². The molecule has 100 valence electrons. The lowest BCUT2D eigenvalue weighted by atomic mass is 10.1. The fourth-order valence-corrected chi connectivity index (χ4v) is 1.71. The minimum atomic E-state index is -0.604. The van der Waals surface area contributed by atoms with E-state index in [0.29, 0.717) is 17.8 Å². The average molecular weight is 264 g/mol. The molecule has 19 heavy (non-hydrogen) atoms. The molecule has 6 nitrogen and oxygen atoms in total. The van der Waals surface area contributed by atoms with Crippen LogP contribution in [0.1, 0.15) is 16.8 Å². The number of rotatable bonds is 4. The number of aryl methyl sites for hydroxylation is 2. The van der Waals surface area contributed by atoms with E-state index in [-0.39, 0.29) is 5.69 Å². The van der Waals surface area contributed by atoms with Crippen LogP contribution in [0.3, 0.4) is 0 Å². The molecule has 0 spiro atoms. The Balaban J connectivity index is 2.26. The molecule has 2 rings (SSSR count). The van der Waals surface area contributed by atoms with Gasteiger partial charge in [-0.15, -0.1) is 0 Å². The van der Waals surface area contributed by atoms with Gasteiger partial charge in [0.2, 0.25) is 0 Å². The molecule has 2 aromatic rings. The van der Waals surface area contributed by atoms with E-state index in [0.717, 1.165) is 17.3 Å². The maximum absolute atomic E-state index is 13.4. The molecular weight excluding hydrogens is 251 g/mol. The van der Waals surface area contributed by atoms with Gasteiger partial charge in [0.25, 0.3) is 5.69 Å². The van der Waals surface area contributed by atoms with Gasteiger partial charge >= 0.3 is 0 Å². The van der Waals surface area contributed by atoms with E-state index in [9.17, 15) is 14.5 Å². The zero-order valence-corrected chi connectivity index (χ0v) is 10.5. The van der Waals surface area contributed by atoms with Crippen LogP contribution in [0, 0.1) is 29.8 Å². The summed E-state index contributed by atoms with van der Waals surface area (Å²) in [6.07, 6.45) is 1.64. The predicted molar refractivity (Wildman–Crippen MR) is 68.4 cm³/mol. The van der Waals surface area contributed by atoms with E-state index in [4.69, 9.17) is 0 Å². The van der Waals surface area contributed by atoms with Crippen LogP contribution >= 0.6 is 0 Å². The summed E-state index contributed by atoms with van der Waals surface area (Å²) in [4.78, 5) is 10.3. The maximum atomic E-state index is 13.4. The molecule has 0 aliphatic heterocycles. The van der Waals surface area contributed by atoms with Gasteiger partial charge in [0.15, 0.2) is 0 Å². The highest BCUT2D eigenvalue weighted by Crippen LogP contribution is 2.28. The van der Waals surface area contributed by atoms with Gasteiger partial charge in [-0.1, -0.05) is 0 Å². The normalized spacial score (nSPS) is 10.5. The number of nitrogens with zero attached hydrogens (tertiary/aromatic N) is 2. The van der Waals surface area contributed by atoms with Crippen molar-refractivity contribution in [2.45, 2.75) is 20.4 Å². The van der Waals surface area contributed by atoms with Crippen molar-refractivity contribution in [1.82, 2.24) is 10.2 Å². The lowest BCUT2D eigenvalue weighted by Crippen LogP contribution is -2.04. The molecule has 0 unspecified atom stereocenters. The lowest BCUT2D eigenvalue weighted by molar-refractivity contribution is -0.384. The van der Waals surface area contributed by atoms with Crippen LogP contribution in [-0.2, 0) is 6.54 Å². The van der Waals surface area contributed by atoms with Gasteiger partial charge in [0.05, 0.1) is 17.2 Å². The summed E-state index contributed by atoms with van der Waals surface area (Å²) < 4.78 is 13.4. The third kappa shape index (κ3) is 2.70. The van der Waals surface area contributed by atoms with Gasteiger partial charge in [-0.3, -0.25) is 15.2 Å². The standard InChI is InChI=1S/C12H13FN4O2/c1-7-3-11(12(17(18)19)4-10(7)13)14-5-9-6-15-16-8(9)2/h3-4,6,14H,5H2,1-2H3,(H,15,16). The fraction of sp³-hybridized carbons (Fsp3) is 0.250. The predicted octanol–water partition coefficient (Wildman–Crippen LogP) is 2.69. The molecule has 0 bridgehead atoms. The SMILES string of the molecule is Cc1cc(NCc2cn[nH]c2C)c([N+](=O)[O-])cc1F. The molecule has 0 aliphatic carbocycles. The Bertz CT molecular complexity index is 624. The summed E-state index contributed by atoms with van der Waals surface area (Å²) >= 11 is 0. The van der Waals surface area contributed by atoms with Gasteiger partial charge in [0.1, 0.15) is 11.5 Å². The molecule has 0 aliphatic rings. The number of anilines is 1. The van der Waals surface area contributed by atoms with Crippen LogP contribution < -0.4 is 5.32 Å². The first kappa shape index (κ1) is 13.0. The Hall–Kier alpha value is -2.44. The third-order valence-corrected chi connectivity index (χ3v) is 2.88. The highest BCUT2D eigenvalue weighted by atomic mass is 19.1. The van der Waals surface area contributed by atoms with Crippen molar-refractivity contribution >= 4 is 11.4 Å². The Morgan fingerprint density at radius 2 is 2.21 bits per heavy atom. The maximum Gasteiger partial charge on any atom is 0.295 e. The molecule has 0 fully saturated rings. The number of aromatic amines is 1. The van der Waals surface area contributed by atoms with Gasteiger partial charge in [-0.05, 0) is 25.5 Å². The first-order chi connectivity index (χ1) is 8.99. The Kier molecular flexibility index (Phi) is 3.46. The van der Waals surface area contributed by atoms with Crippen molar-refractivity contribution < 1.29 is 9.31 Å². The molecule has 1 aromatic carbocycles. The van der Waals surface area contributed by atoms with Crippen molar-refractivity contribution in [3.8, 4) is 0 Å². The number of hydrogen-bond acceptors (Lipinski definition) is 4.